The van der Waals surface area contributed by atoms with Gasteiger partial charge in [-0.1, -0.05) is 31.2 Å². The molecule has 0 radical (unpaired) electrons. The largest absolute Gasteiger partial charge is 0.481 e. The van der Waals surface area contributed by atoms with Gasteiger partial charge in [0.2, 0.25) is 0 Å². The Morgan fingerprint density at radius 1 is 1.20 bits per heavy atom. The molecule has 0 aromatic heterocycles. The summed E-state index contributed by atoms with van der Waals surface area (Å²) in [6.45, 7) is 1.82. The zero-order valence-corrected chi connectivity index (χ0v) is 11.6. The molecule has 1 aliphatic carbocycles. The molecule has 1 aromatic rings. The Kier molecular flexibility index (Phi) is 4.23. The van der Waals surface area contributed by atoms with E-state index in [4.69, 9.17) is 5.11 Å². The third kappa shape index (κ3) is 2.90. The molecule has 0 spiro atoms. The second-order valence-electron chi connectivity index (χ2n) is 5.50. The molecule has 0 amide bonds. The maximum absolute atomic E-state index is 11.6. The molecule has 1 saturated carbocycles. The van der Waals surface area contributed by atoms with Crippen molar-refractivity contribution in [3.05, 3.63) is 35.4 Å². The van der Waals surface area contributed by atoms with Crippen LogP contribution in [0.1, 0.15) is 54.9 Å². The van der Waals surface area contributed by atoms with Crippen LogP contribution in [0.2, 0.25) is 0 Å². The number of ketones is 1. The first-order valence-electron chi connectivity index (χ1n) is 7.05. The maximum atomic E-state index is 11.6. The van der Waals surface area contributed by atoms with E-state index in [-0.39, 0.29) is 11.7 Å². The first kappa shape index (κ1) is 14.7. The fraction of sp³-hybridized carbons (Fsp3) is 0.500. The van der Waals surface area contributed by atoms with E-state index >= 15 is 0 Å². The number of carbonyl (C=O) groups excluding carboxylic acids is 1. The molecule has 0 heterocycles. The Balaban J connectivity index is 2.11. The van der Waals surface area contributed by atoms with Gasteiger partial charge < -0.3 is 10.2 Å². The Hall–Kier alpha value is -1.68. The second-order valence-corrected chi connectivity index (χ2v) is 5.50. The summed E-state index contributed by atoms with van der Waals surface area (Å²) in [5.74, 6) is -1.05. The smallest absolute Gasteiger partial charge is 0.306 e. The topological polar surface area (TPSA) is 74.6 Å². The molecule has 0 saturated heterocycles. The van der Waals surface area contributed by atoms with Gasteiger partial charge in [-0.15, -0.1) is 0 Å². The van der Waals surface area contributed by atoms with Gasteiger partial charge in [0.15, 0.2) is 5.78 Å². The molecular formula is C16H20O4. The van der Waals surface area contributed by atoms with Gasteiger partial charge in [0.25, 0.3) is 0 Å². The first-order chi connectivity index (χ1) is 9.46. The molecule has 1 aliphatic rings. The molecule has 2 rings (SSSR count). The van der Waals surface area contributed by atoms with Gasteiger partial charge in [-0.2, -0.15) is 0 Å². The molecule has 4 heteroatoms. The van der Waals surface area contributed by atoms with Crippen molar-refractivity contribution in [1.29, 1.82) is 0 Å². The van der Waals surface area contributed by atoms with Crippen molar-refractivity contribution in [3.63, 3.8) is 0 Å². The molecule has 1 aromatic carbocycles. The average molecular weight is 276 g/mol. The lowest BCUT2D eigenvalue weighted by atomic mass is 9.75. The third-order valence-electron chi connectivity index (χ3n) is 4.23. The van der Waals surface area contributed by atoms with Crippen LogP contribution in [0, 0.1) is 5.92 Å². The van der Waals surface area contributed by atoms with E-state index in [9.17, 15) is 14.7 Å². The summed E-state index contributed by atoms with van der Waals surface area (Å²) in [5, 5.41) is 19.6. The highest BCUT2D eigenvalue weighted by Gasteiger charge is 2.37. The van der Waals surface area contributed by atoms with Crippen LogP contribution in [0.3, 0.4) is 0 Å². The normalized spacial score (nSPS) is 26.2. The lowest BCUT2D eigenvalue weighted by molar-refractivity contribution is -0.145. The number of aliphatic carboxylic acids is 1. The molecule has 0 bridgehead atoms. The number of Topliss-reactive ketones (excluding diaryl/α,β-unsaturated/α-hetero) is 1. The minimum atomic E-state index is -0.959. The van der Waals surface area contributed by atoms with Gasteiger partial charge >= 0.3 is 5.97 Å². The Morgan fingerprint density at radius 3 is 2.20 bits per heavy atom. The van der Waals surface area contributed by atoms with Crippen LogP contribution in [0.15, 0.2) is 24.3 Å². The number of carbonyl (C=O) groups is 2. The lowest BCUT2D eigenvalue weighted by Crippen LogP contribution is -2.33. The number of carboxylic acid groups (broad SMARTS) is 1. The van der Waals surface area contributed by atoms with E-state index in [0.717, 1.165) is 5.56 Å². The molecule has 0 unspecified atom stereocenters. The summed E-state index contributed by atoms with van der Waals surface area (Å²) >= 11 is 0. The van der Waals surface area contributed by atoms with E-state index in [1.807, 2.05) is 6.92 Å². The van der Waals surface area contributed by atoms with Crippen molar-refractivity contribution in [2.75, 3.05) is 0 Å². The molecule has 108 valence electrons. The number of aliphatic hydroxyl groups is 1. The van der Waals surface area contributed by atoms with Crippen LogP contribution in [-0.4, -0.2) is 22.0 Å². The van der Waals surface area contributed by atoms with Crippen molar-refractivity contribution < 1.29 is 19.8 Å². The molecule has 1 fully saturated rings. The first-order valence-corrected chi connectivity index (χ1v) is 7.05. The number of hydrogen-bond donors (Lipinski definition) is 2. The Morgan fingerprint density at radius 2 is 1.75 bits per heavy atom. The minimum Gasteiger partial charge on any atom is -0.481 e. The quantitative estimate of drug-likeness (QED) is 0.829. The number of carboxylic acids is 1. The van der Waals surface area contributed by atoms with E-state index in [0.29, 0.717) is 37.7 Å². The standard InChI is InChI=1S/C16H20O4/c1-2-14(17)11-3-5-13(6-4-11)16(20)9-7-12(8-10-16)15(18)19/h3-6,12,20H,2,7-10H2,1H3,(H,18,19). The highest BCUT2D eigenvalue weighted by atomic mass is 16.4. The number of hydrogen-bond acceptors (Lipinski definition) is 3. The highest BCUT2D eigenvalue weighted by molar-refractivity contribution is 5.95. The Bertz CT molecular complexity index is 496. The maximum Gasteiger partial charge on any atom is 0.306 e. The van der Waals surface area contributed by atoms with E-state index in [2.05, 4.69) is 0 Å². The van der Waals surface area contributed by atoms with Crippen LogP contribution in [0.25, 0.3) is 0 Å². The highest BCUT2D eigenvalue weighted by Crippen LogP contribution is 2.39. The third-order valence-corrected chi connectivity index (χ3v) is 4.23. The molecular weight excluding hydrogens is 256 g/mol. The zero-order valence-electron chi connectivity index (χ0n) is 11.6. The van der Waals surface area contributed by atoms with Crippen LogP contribution in [-0.2, 0) is 10.4 Å². The van der Waals surface area contributed by atoms with Crippen molar-refractivity contribution >= 4 is 11.8 Å². The molecule has 0 aliphatic heterocycles. The SMILES string of the molecule is CCC(=O)c1ccc(C2(O)CCC(C(=O)O)CC2)cc1. The van der Waals surface area contributed by atoms with Crippen LogP contribution in [0.4, 0.5) is 0 Å². The predicted octanol–water partition coefficient (Wildman–Crippen LogP) is 2.74. The van der Waals surface area contributed by atoms with Gasteiger partial charge in [-0.05, 0) is 31.2 Å². The van der Waals surface area contributed by atoms with Gasteiger partial charge in [0.1, 0.15) is 0 Å². The fourth-order valence-electron chi connectivity index (χ4n) is 2.80. The minimum absolute atomic E-state index is 0.0816. The summed E-state index contributed by atoms with van der Waals surface area (Å²) in [6, 6.07) is 7.04. The van der Waals surface area contributed by atoms with E-state index in [1.165, 1.54) is 0 Å². The fourth-order valence-corrected chi connectivity index (χ4v) is 2.80. The molecule has 20 heavy (non-hydrogen) atoms. The van der Waals surface area contributed by atoms with E-state index < -0.39 is 11.6 Å². The Labute approximate surface area is 118 Å². The summed E-state index contributed by atoms with van der Waals surface area (Å²) in [4.78, 5) is 22.5. The van der Waals surface area contributed by atoms with Gasteiger partial charge in [0.05, 0.1) is 11.5 Å². The van der Waals surface area contributed by atoms with Crippen molar-refractivity contribution in [2.24, 2.45) is 5.92 Å². The van der Waals surface area contributed by atoms with E-state index in [1.54, 1.807) is 24.3 Å². The predicted molar refractivity (Wildman–Crippen MR) is 74.6 cm³/mol. The van der Waals surface area contributed by atoms with Gasteiger partial charge in [0, 0.05) is 12.0 Å². The molecule has 0 atom stereocenters. The molecule has 4 nitrogen and oxygen atoms in total. The zero-order chi connectivity index (χ0) is 14.8. The second kappa shape index (κ2) is 5.75. The van der Waals surface area contributed by atoms with Crippen molar-refractivity contribution in [1.82, 2.24) is 0 Å². The van der Waals surface area contributed by atoms with Gasteiger partial charge in [-0.25, -0.2) is 0 Å². The summed E-state index contributed by atoms with van der Waals surface area (Å²) in [5.41, 5.74) is 0.466. The number of benzene rings is 1. The summed E-state index contributed by atoms with van der Waals surface area (Å²) in [6.07, 6.45) is 2.34. The van der Waals surface area contributed by atoms with Crippen molar-refractivity contribution in [2.45, 2.75) is 44.6 Å². The number of rotatable bonds is 4. The average Bonchev–Trinajstić information content (AvgIpc) is 2.47. The lowest BCUT2D eigenvalue weighted by Gasteiger charge is -2.35. The van der Waals surface area contributed by atoms with Gasteiger partial charge in [-0.3, -0.25) is 9.59 Å². The van der Waals surface area contributed by atoms with Crippen LogP contribution in [0.5, 0.6) is 0 Å². The van der Waals surface area contributed by atoms with Crippen molar-refractivity contribution in [3.8, 4) is 0 Å². The molecule has 2 N–H and O–H groups in total. The monoisotopic (exact) mass is 276 g/mol. The summed E-state index contributed by atoms with van der Waals surface area (Å²) in [7, 11) is 0. The summed E-state index contributed by atoms with van der Waals surface area (Å²) < 4.78 is 0. The van der Waals surface area contributed by atoms with Crippen LogP contribution < -0.4 is 0 Å². The van der Waals surface area contributed by atoms with Crippen LogP contribution >= 0.6 is 0 Å².